The van der Waals surface area contributed by atoms with Crippen LogP contribution in [0.1, 0.15) is 19.3 Å². The number of nitrogens with zero attached hydrogens (tertiary/aromatic N) is 6. The minimum Gasteiger partial charge on any atom is -0.353 e. The highest BCUT2D eigenvalue weighted by Gasteiger charge is 2.30. The molecule has 0 radical (unpaired) electrons. The molecule has 3 heterocycles. The second-order valence-electron chi connectivity index (χ2n) is 9.17. The molecule has 9 heteroatoms. The van der Waals surface area contributed by atoms with Crippen molar-refractivity contribution in [3.8, 4) is 11.3 Å². The topological polar surface area (TPSA) is 55.8 Å². The van der Waals surface area contributed by atoms with Crippen molar-refractivity contribution in [2.24, 2.45) is 0 Å². The van der Waals surface area contributed by atoms with E-state index in [0.717, 1.165) is 69.8 Å². The standard InChI is InChI=1S/C24H30ClFN6O/c25-20-16-18(4-5-21(20)26)22-6-7-23(28-27-22)31-10-8-29(9-11-31)17-24(33)32-14-12-30(13-15-32)19-2-1-3-19/h4-7,16,19H,1-3,8-15,17H2. The maximum absolute atomic E-state index is 13.4. The lowest BCUT2D eigenvalue weighted by Gasteiger charge is -2.43. The van der Waals surface area contributed by atoms with E-state index in [9.17, 15) is 9.18 Å². The molecule has 5 rings (SSSR count). The van der Waals surface area contributed by atoms with Crippen LogP contribution in [-0.4, -0.2) is 95.7 Å². The Bertz CT molecular complexity index is 969. The van der Waals surface area contributed by atoms with Gasteiger partial charge in [-0.25, -0.2) is 4.39 Å². The van der Waals surface area contributed by atoms with E-state index in [1.807, 2.05) is 17.0 Å². The molecular formula is C24H30ClFN6O. The first-order chi connectivity index (χ1) is 16.1. The summed E-state index contributed by atoms with van der Waals surface area (Å²) in [6.07, 6.45) is 4.01. The summed E-state index contributed by atoms with van der Waals surface area (Å²) in [6.45, 7) is 7.50. The molecule has 7 nitrogen and oxygen atoms in total. The number of hydrogen-bond donors (Lipinski definition) is 0. The molecule has 1 saturated carbocycles. The van der Waals surface area contributed by atoms with Gasteiger partial charge in [0, 0.05) is 64.0 Å². The third kappa shape index (κ3) is 5.13. The van der Waals surface area contributed by atoms with E-state index in [2.05, 4.69) is 24.9 Å². The summed E-state index contributed by atoms with van der Waals surface area (Å²) in [4.78, 5) is 21.8. The van der Waals surface area contributed by atoms with Crippen LogP contribution in [0.5, 0.6) is 0 Å². The Labute approximate surface area is 199 Å². The molecule has 1 aliphatic carbocycles. The van der Waals surface area contributed by atoms with Gasteiger partial charge >= 0.3 is 0 Å². The van der Waals surface area contributed by atoms with Crippen LogP contribution in [0.25, 0.3) is 11.3 Å². The van der Waals surface area contributed by atoms with Gasteiger partial charge in [0.1, 0.15) is 5.82 Å². The monoisotopic (exact) mass is 472 g/mol. The van der Waals surface area contributed by atoms with Gasteiger partial charge < -0.3 is 9.80 Å². The average Bonchev–Trinajstić information content (AvgIpc) is 2.81. The molecule has 0 bridgehead atoms. The number of carbonyl (C=O) groups is 1. The molecule has 1 amide bonds. The van der Waals surface area contributed by atoms with Gasteiger partial charge in [-0.2, -0.15) is 0 Å². The Morgan fingerprint density at radius 2 is 1.73 bits per heavy atom. The quantitative estimate of drug-likeness (QED) is 0.667. The zero-order valence-electron chi connectivity index (χ0n) is 18.8. The van der Waals surface area contributed by atoms with Crippen molar-refractivity contribution in [2.75, 3.05) is 63.8 Å². The number of hydrogen-bond acceptors (Lipinski definition) is 6. The Hall–Kier alpha value is -2.29. The van der Waals surface area contributed by atoms with Crippen molar-refractivity contribution >= 4 is 23.3 Å². The van der Waals surface area contributed by atoms with E-state index >= 15 is 0 Å². The van der Waals surface area contributed by atoms with Crippen molar-refractivity contribution < 1.29 is 9.18 Å². The molecule has 2 saturated heterocycles. The molecule has 1 aromatic heterocycles. The minimum atomic E-state index is -0.447. The normalized spacial score (nSPS) is 20.7. The van der Waals surface area contributed by atoms with Crippen molar-refractivity contribution in [3.63, 3.8) is 0 Å². The van der Waals surface area contributed by atoms with Crippen molar-refractivity contribution in [1.29, 1.82) is 0 Å². The molecule has 0 unspecified atom stereocenters. The van der Waals surface area contributed by atoms with Crippen LogP contribution in [0.2, 0.25) is 5.02 Å². The van der Waals surface area contributed by atoms with Gasteiger partial charge in [0.05, 0.1) is 17.3 Å². The fraction of sp³-hybridized carbons (Fsp3) is 0.542. The number of carbonyl (C=O) groups excluding carboxylic acids is 1. The Balaban J connectivity index is 1.09. The number of benzene rings is 1. The highest BCUT2D eigenvalue weighted by atomic mass is 35.5. The molecule has 0 atom stereocenters. The van der Waals surface area contributed by atoms with Crippen LogP contribution in [0.3, 0.4) is 0 Å². The summed E-state index contributed by atoms with van der Waals surface area (Å²) in [5.74, 6) is 0.612. The van der Waals surface area contributed by atoms with E-state index < -0.39 is 5.82 Å². The van der Waals surface area contributed by atoms with Gasteiger partial charge in [0.2, 0.25) is 5.91 Å². The van der Waals surface area contributed by atoms with Crippen LogP contribution >= 0.6 is 11.6 Å². The van der Waals surface area contributed by atoms with Gasteiger partial charge in [-0.05, 0) is 43.2 Å². The number of aromatic nitrogens is 2. The highest BCUT2D eigenvalue weighted by molar-refractivity contribution is 6.31. The maximum atomic E-state index is 13.4. The molecule has 0 spiro atoms. The third-order valence-corrected chi connectivity index (χ3v) is 7.47. The maximum Gasteiger partial charge on any atom is 0.236 e. The van der Waals surface area contributed by atoms with E-state index in [1.54, 1.807) is 12.1 Å². The SMILES string of the molecule is O=C(CN1CCN(c2ccc(-c3ccc(F)c(Cl)c3)nn2)CC1)N1CCN(C2CCC2)CC1. The first-order valence-electron chi connectivity index (χ1n) is 11.8. The summed E-state index contributed by atoms with van der Waals surface area (Å²) in [7, 11) is 0. The van der Waals surface area contributed by atoms with Crippen LogP contribution in [-0.2, 0) is 4.79 Å². The van der Waals surface area contributed by atoms with Gasteiger partial charge in [-0.1, -0.05) is 18.0 Å². The Morgan fingerprint density at radius 3 is 2.33 bits per heavy atom. The summed E-state index contributed by atoms with van der Waals surface area (Å²) in [6, 6.07) is 9.12. The van der Waals surface area contributed by atoms with Crippen LogP contribution in [0.15, 0.2) is 30.3 Å². The smallest absolute Gasteiger partial charge is 0.236 e. The average molecular weight is 473 g/mol. The zero-order valence-corrected chi connectivity index (χ0v) is 19.6. The van der Waals surface area contributed by atoms with Crippen molar-refractivity contribution in [3.05, 3.63) is 41.2 Å². The van der Waals surface area contributed by atoms with Crippen LogP contribution in [0.4, 0.5) is 10.2 Å². The van der Waals surface area contributed by atoms with Crippen LogP contribution in [0, 0.1) is 5.82 Å². The van der Waals surface area contributed by atoms with Gasteiger partial charge in [-0.15, -0.1) is 10.2 Å². The predicted molar refractivity (Wildman–Crippen MR) is 127 cm³/mol. The van der Waals surface area contributed by atoms with Gasteiger partial charge in [-0.3, -0.25) is 14.6 Å². The minimum absolute atomic E-state index is 0.0734. The molecule has 0 N–H and O–H groups in total. The van der Waals surface area contributed by atoms with E-state index in [4.69, 9.17) is 11.6 Å². The molecule has 33 heavy (non-hydrogen) atoms. The lowest BCUT2D eigenvalue weighted by atomic mass is 9.91. The Morgan fingerprint density at radius 1 is 0.970 bits per heavy atom. The summed E-state index contributed by atoms with van der Waals surface area (Å²) >= 11 is 5.88. The number of piperazine rings is 2. The second-order valence-corrected chi connectivity index (χ2v) is 9.58. The lowest BCUT2D eigenvalue weighted by Crippen LogP contribution is -2.56. The predicted octanol–water partition coefficient (Wildman–Crippen LogP) is 2.75. The van der Waals surface area contributed by atoms with E-state index in [1.165, 1.54) is 25.3 Å². The van der Waals surface area contributed by atoms with Crippen molar-refractivity contribution in [1.82, 2.24) is 24.9 Å². The van der Waals surface area contributed by atoms with Crippen LogP contribution < -0.4 is 4.90 Å². The molecule has 1 aromatic carbocycles. The lowest BCUT2D eigenvalue weighted by molar-refractivity contribution is -0.134. The largest absolute Gasteiger partial charge is 0.353 e. The van der Waals surface area contributed by atoms with E-state index in [0.29, 0.717) is 12.2 Å². The number of amides is 1. The Kier molecular flexibility index (Phi) is 6.76. The first-order valence-corrected chi connectivity index (χ1v) is 12.2. The van der Waals surface area contributed by atoms with Gasteiger partial charge in [0.25, 0.3) is 0 Å². The fourth-order valence-corrected chi connectivity index (χ4v) is 5.00. The molecule has 2 aromatic rings. The summed E-state index contributed by atoms with van der Waals surface area (Å²) in [5.41, 5.74) is 1.39. The molecule has 3 fully saturated rings. The number of rotatable bonds is 5. The van der Waals surface area contributed by atoms with Crippen molar-refractivity contribution in [2.45, 2.75) is 25.3 Å². The fourth-order valence-electron chi connectivity index (χ4n) is 4.82. The molecular weight excluding hydrogens is 443 g/mol. The number of halogens is 2. The van der Waals surface area contributed by atoms with E-state index in [-0.39, 0.29) is 10.9 Å². The first kappa shape index (κ1) is 22.5. The second kappa shape index (κ2) is 9.91. The zero-order chi connectivity index (χ0) is 22.8. The molecule has 2 aliphatic heterocycles. The summed E-state index contributed by atoms with van der Waals surface area (Å²) in [5, 5.41) is 8.74. The number of anilines is 1. The van der Waals surface area contributed by atoms with Gasteiger partial charge in [0.15, 0.2) is 5.82 Å². The highest BCUT2D eigenvalue weighted by Crippen LogP contribution is 2.26. The molecule has 3 aliphatic rings. The molecule has 176 valence electrons. The third-order valence-electron chi connectivity index (χ3n) is 7.18. The summed E-state index contributed by atoms with van der Waals surface area (Å²) < 4.78 is 13.4.